The van der Waals surface area contributed by atoms with Crippen molar-refractivity contribution < 1.29 is 40.9 Å². The second-order valence-corrected chi connectivity index (χ2v) is 31.2. The quantitative estimate of drug-likeness (QED) is 0.0701. The van der Waals surface area contributed by atoms with Crippen LogP contribution in [0.15, 0.2) is 42.5 Å². The van der Waals surface area contributed by atoms with E-state index in [1.807, 2.05) is 12.1 Å². The molecule has 0 aliphatic carbocycles. The van der Waals surface area contributed by atoms with Gasteiger partial charge in [-0.25, -0.2) is 0 Å². The van der Waals surface area contributed by atoms with E-state index in [1.165, 1.54) is 5.57 Å². The van der Waals surface area contributed by atoms with E-state index in [4.69, 9.17) is 26.9 Å². The molecule has 318 valence electrons. The Kier molecular flexibility index (Phi) is 18.6. The van der Waals surface area contributed by atoms with E-state index < -0.39 is 37.2 Å². The molecule has 0 aliphatic rings. The maximum absolute atomic E-state index is 14.1. The molecule has 0 aliphatic heterocycles. The molecule has 1 N–H and O–H groups in total. The molecule has 0 aromatic heterocycles. The van der Waals surface area contributed by atoms with Crippen molar-refractivity contribution in [3.63, 3.8) is 0 Å². The molecule has 2 aromatic rings. The molecule has 0 radical (unpaired) electrons. The summed E-state index contributed by atoms with van der Waals surface area (Å²) in [4.78, 5) is 14.0. The summed E-state index contributed by atoms with van der Waals surface area (Å²) in [5.74, 6) is 1.09. The number of allylic oxidation sites excluding steroid dienone is 2. The first-order valence-electron chi connectivity index (χ1n) is 20.3. The lowest BCUT2D eigenvalue weighted by molar-refractivity contribution is -0.116. The fraction of sp³-hybridized carbons (Fsp3) is 0.643. The van der Waals surface area contributed by atoms with E-state index in [0.717, 1.165) is 35.3 Å². The zero-order valence-corrected chi connectivity index (χ0v) is 41.1. The molecule has 0 fully saturated rings. The van der Waals surface area contributed by atoms with Crippen LogP contribution in [0.5, 0.6) is 11.5 Å². The third kappa shape index (κ3) is 13.0. The summed E-state index contributed by atoms with van der Waals surface area (Å²) >= 11 is 0. The molecule has 0 unspecified atom stereocenters. The average Bonchev–Trinajstić information content (AvgIpc) is 3.07. The van der Waals surface area contributed by atoms with Crippen LogP contribution >= 0.6 is 15.2 Å². The van der Waals surface area contributed by atoms with Crippen molar-refractivity contribution >= 4 is 54.6 Å². The monoisotopic (exact) mass is 853 g/mol. The predicted octanol–water partition coefficient (Wildman–Crippen LogP) is 13.8. The Labute approximate surface area is 341 Å². The SMILES string of the molecule is CCOP(=O)(OCC)C(CCC(=O)Nc1cc(C(CC)=C(CC)c2ccc(O[Si](C)(C)C(C)(C)C)cc2)ccc1O[Si](C)(C)C(C)(C)C)P(=O)(OCC)OCC. The van der Waals surface area contributed by atoms with E-state index in [1.54, 1.807) is 27.7 Å². The summed E-state index contributed by atoms with van der Waals surface area (Å²) in [6.07, 6.45) is 1.30. The number of hydrogen-bond donors (Lipinski definition) is 1. The molecule has 10 nitrogen and oxygen atoms in total. The molecule has 0 atom stereocenters. The lowest BCUT2D eigenvalue weighted by Gasteiger charge is -2.37. The van der Waals surface area contributed by atoms with Gasteiger partial charge in [0, 0.05) is 6.42 Å². The zero-order chi connectivity index (χ0) is 42.8. The van der Waals surface area contributed by atoms with Crippen molar-refractivity contribution in [2.24, 2.45) is 0 Å². The Morgan fingerprint density at radius 2 is 1.05 bits per heavy atom. The van der Waals surface area contributed by atoms with Crippen LogP contribution in [0.2, 0.25) is 36.3 Å². The number of rotatable bonds is 22. The predicted molar refractivity (Wildman–Crippen MR) is 239 cm³/mol. The zero-order valence-electron chi connectivity index (χ0n) is 37.3. The largest absolute Gasteiger partial charge is 0.544 e. The number of carbonyl (C=O) groups excluding carboxylic acids is 1. The molecule has 2 rings (SSSR count). The first-order valence-corrected chi connectivity index (χ1v) is 29.3. The molecule has 0 saturated heterocycles. The normalized spacial score (nSPS) is 13.8. The molecule has 0 spiro atoms. The van der Waals surface area contributed by atoms with Crippen LogP contribution in [-0.2, 0) is 32.0 Å². The van der Waals surface area contributed by atoms with Gasteiger partial charge in [0.05, 0.1) is 32.1 Å². The lowest BCUT2D eigenvalue weighted by atomic mass is 9.91. The van der Waals surface area contributed by atoms with Gasteiger partial charge in [-0.15, -0.1) is 0 Å². The number of anilines is 1. The Morgan fingerprint density at radius 1 is 0.643 bits per heavy atom. The number of nitrogens with one attached hydrogen (secondary N) is 1. The minimum Gasteiger partial charge on any atom is -0.544 e. The number of amides is 1. The van der Waals surface area contributed by atoms with Crippen molar-refractivity contribution in [1.29, 1.82) is 0 Å². The minimum absolute atomic E-state index is 0.0566. The topological polar surface area (TPSA) is 119 Å². The van der Waals surface area contributed by atoms with Crippen LogP contribution in [0.3, 0.4) is 0 Å². The molecule has 0 bridgehead atoms. The highest BCUT2D eigenvalue weighted by molar-refractivity contribution is 7.72. The van der Waals surface area contributed by atoms with E-state index >= 15 is 0 Å². The summed E-state index contributed by atoms with van der Waals surface area (Å²) in [5, 5.41) is 1.81. The number of hydrogen-bond acceptors (Lipinski definition) is 9. The summed E-state index contributed by atoms with van der Waals surface area (Å²) in [7, 11) is -12.4. The summed E-state index contributed by atoms with van der Waals surface area (Å²) in [6, 6.07) is 14.4. The van der Waals surface area contributed by atoms with Crippen molar-refractivity contribution in [1.82, 2.24) is 0 Å². The van der Waals surface area contributed by atoms with Gasteiger partial charge in [0.1, 0.15) is 11.5 Å². The maximum Gasteiger partial charge on any atom is 0.345 e. The van der Waals surface area contributed by atoms with Gasteiger partial charge in [-0.2, -0.15) is 0 Å². The van der Waals surface area contributed by atoms with Gasteiger partial charge >= 0.3 is 15.2 Å². The lowest BCUT2D eigenvalue weighted by Crippen LogP contribution is -2.44. The second kappa shape index (κ2) is 20.8. The van der Waals surface area contributed by atoms with Gasteiger partial charge in [-0.3, -0.25) is 13.9 Å². The van der Waals surface area contributed by atoms with Crippen molar-refractivity contribution in [3.05, 3.63) is 53.6 Å². The van der Waals surface area contributed by atoms with Crippen molar-refractivity contribution in [3.8, 4) is 11.5 Å². The third-order valence-corrected chi connectivity index (χ3v) is 25.7. The molecular weight excluding hydrogens is 781 g/mol. The third-order valence-electron chi connectivity index (χ3n) is 10.8. The molecule has 0 saturated carbocycles. The second-order valence-electron chi connectivity index (χ2n) is 16.9. The Bertz CT molecular complexity index is 1660. The summed E-state index contributed by atoms with van der Waals surface area (Å²) in [5.41, 5.74) is 4.98. The van der Waals surface area contributed by atoms with Crippen LogP contribution in [0, 0.1) is 0 Å². The highest BCUT2D eigenvalue weighted by atomic mass is 31.2. The highest BCUT2D eigenvalue weighted by Crippen LogP contribution is 2.71. The van der Waals surface area contributed by atoms with Gasteiger partial charge in [-0.1, -0.05) is 73.6 Å². The Hall–Kier alpha value is -2.02. The number of carbonyl (C=O) groups is 1. The van der Waals surface area contributed by atoms with Gasteiger partial charge < -0.3 is 32.3 Å². The van der Waals surface area contributed by atoms with Crippen molar-refractivity contribution in [2.75, 3.05) is 31.7 Å². The first kappa shape index (κ1) is 50.1. The molecule has 0 heterocycles. The van der Waals surface area contributed by atoms with Gasteiger partial charge in [0.15, 0.2) is 5.40 Å². The van der Waals surface area contributed by atoms with E-state index in [0.29, 0.717) is 11.4 Å². The fourth-order valence-electron chi connectivity index (χ4n) is 5.79. The smallest absolute Gasteiger partial charge is 0.345 e. The van der Waals surface area contributed by atoms with E-state index in [9.17, 15) is 13.9 Å². The summed E-state index contributed by atoms with van der Waals surface area (Å²) < 4.78 is 64.2. The van der Waals surface area contributed by atoms with Crippen LogP contribution in [0.1, 0.15) is 120 Å². The molecule has 56 heavy (non-hydrogen) atoms. The van der Waals surface area contributed by atoms with Gasteiger partial charge in [0.2, 0.25) is 14.2 Å². The Morgan fingerprint density at radius 3 is 1.46 bits per heavy atom. The van der Waals surface area contributed by atoms with Crippen LogP contribution in [0.4, 0.5) is 5.69 Å². The number of benzene rings is 2. The Balaban J connectivity index is 2.66. The van der Waals surface area contributed by atoms with Crippen LogP contribution < -0.4 is 14.2 Å². The summed E-state index contributed by atoms with van der Waals surface area (Å²) in [6.45, 7) is 33.3. The molecule has 2 aromatic carbocycles. The molecule has 1 amide bonds. The van der Waals surface area contributed by atoms with Crippen molar-refractivity contribution in [2.45, 2.75) is 150 Å². The first-order chi connectivity index (χ1) is 25.9. The fourth-order valence-corrected chi connectivity index (χ4v) is 13.2. The molecular formula is C42H73NO9P2Si2. The standard InChI is InChI=1S/C42H73NO9P2Si2/c1-17-35(32-23-26-34(27-24-32)51-55(13,14)41(7,8)9)36(18-2)33-25-28-38(52-56(15,16)42(10,11)12)37(31-33)43-39(44)29-30-40(53(45,47-19-3)48-20-4)54(46,49-21-5)50-22-6/h23-28,31,40H,17-22,29-30H2,1-16H3,(H,43,44). The average molecular weight is 854 g/mol. The maximum atomic E-state index is 14.1. The van der Waals surface area contributed by atoms with Gasteiger partial charge in [0.25, 0.3) is 8.32 Å². The van der Waals surface area contributed by atoms with Crippen LogP contribution in [0.25, 0.3) is 11.1 Å². The highest BCUT2D eigenvalue weighted by Gasteiger charge is 2.50. The van der Waals surface area contributed by atoms with Crippen LogP contribution in [-0.4, -0.2) is 54.4 Å². The van der Waals surface area contributed by atoms with E-state index in [2.05, 4.69) is 117 Å². The molecule has 14 heteroatoms. The van der Waals surface area contributed by atoms with E-state index in [-0.39, 0.29) is 55.3 Å². The van der Waals surface area contributed by atoms with Gasteiger partial charge in [-0.05, 0) is 130 Å². The minimum atomic E-state index is -4.02.